The first-order valence-corrected chi connectivity index (χ1v) is 37.1. The maximum atomic E-state index is 12.7. The van der Waals surface area contributed by atoms with Gasteiger partial charge in [-0.3, -0.25) is 43.8 Å². The van der Waals surface area contributed by atoms with E-state index in [0.717, 1.165) is 40.9 Å². The molecule has 28 nitrogen and oxygen atoms in total. The van der Waals surface area contributed by atoms with Gasteiger partial charge >= 0.3 is 30.5 Å². The Bertz CT molecular complexity index is 4140. The van der Waals surface area contributed by atoms with E-state index in [1.165, 1.54) is 25.8 Å². The lowest BCUT2D eigenvalue weighted by molar-refractivity contribution is -0.124. The van der Waals surface area contributed by atoms with Gasteiger partial charge in [-0.15, -0.1) is 0 Å². The van der Waals surface area contributed by atoms with Crippen LogP contribution in [0.2, 0.25) is 0 Å². The molecule has 0 radical (unpaired) electrons. The molecule has 4 aromatic carbocycles. The van der Waals surface area contributed by atoms with Gasteiger partial charge in [-0.1, -0.05) is 129 Å². The van der Waals surface area contributed by atoms with E-state index in [2.05, 4.69) is 79.2 Å². The van der Waals surface area contributed by atoms with Crippen LogP contribution >= 0.6 is 15.9 Å². The highest BCUT2D eigenvalue weighted by Gasteiger charge is 2.38. The van der Waals surface area contributed by atoms with Crippen LogP contribution in [0.4, 0.5) is 35.6 Å². The van der Waals surface area contributed by atoms with E-state index in [0.29, 0.717) is 100 Å². The third-order valence-electron chi connectivity index (χ3n) is 17.4. The van der Waals surface area contributed by atoms with E-state index >= 15 is 0 Å². The quantitative estimate of drug-likeness (QED) is 0.0654. The minimum absolute atomic E-state index is 0.00972. The molecule has 6 fully saturated rings. The second kappa shape index (κ2) is 38.1. The molecule has 8 amide bonds. The predicted octanol–water partition coefficient (Wildman–Crippen LogP) is 11.1. The average Bonchev–Trinajstić information content (AvgIpc) is 0.823. The fraction of sp³-hybridized carbons (Fsp3) is 0.412. The van der Waals surface area contributed by atoms with Gasteiger partial charge < -0.3 is 53.0 Å². The second-order valence-electron chi connectivity index (χ2n) is 28.9. The van der Waals surface area contributed by atoms with Gasteiger partial charge in [0, 0.05) is 58.9 Å². The van der Waals surface area contributed by atoms with Crippen molar-refractivity contribution in [1.82, 2.24) is 49.7 Å². The molecule has 6 aliphatic heterocycles. The van der Waals surface area contributed by atoms with Crippen molar-refractivity contribution >= 4 is 75.8 Å². The molecule has 6 saturated heterocycles. The number of carbonyl (C=O) groups excluding carboxylic acids is 8. The Morgan fingerprint density at radius 1 is 0.440 bits per heavy atom. The van der Waals surface area contributed by atoms with Crippen molar-refractivity contribution in [2.75, 3.05) is 108 Å². The lowest BCUT2D eigenvalue weighted by atomic mass is 10.0. The molecule has 0 atom stereocenters. The number of carbonyl (C=O) groups is 8. The summed E-state index contributed by atoms with van der Waals surface area (Å²) in [5.74, 6) is 2.97. The molecule has 0 aliphatic carbocycles. The molecule has 7 aromatic rings. The van der Waals surface area contributed by atoms with Crippen LogP contribution in [0.1, 0.15) is 89.1 Å². The van der Waals surface area contributed by atoms with Crippen molar-refractivity contribution in [2.24, 2.45) is 0 Å². The molecule has 0 spiro atoms. The Labute approximate surface area is 643 Å². The normalized spacial score (nSPS) is 16.2. The van der Waals surface area contributed by atoms with Crippen LogP contribution in [0, 0.1) is 0 Å². The Hall–Kier alpha value is -11.1. The van der Waals surface area contributed by atoms with Crippen LogP contribution in [-0.2, 0) is 64.4 Å². The zero-order valence-corrected chi connectivity index (χ0v) is 64.3. The monoisotopic (exact) mass is 1560 g/mol. The van der Waals surface area contributed by atoms with Gasteiger partial charge in [-0.05, 0) is 128 Å². The Morgan fingerprint density at radius 2 is 0.826 bits per heavy atom. The summed E-state index contributed by atoms with van der Waals surface area (Å²) in [6.07, 6.45) is 2.79. The number of nitrogens with one attached hydrogen (secondary N) is 1. The number of aromatic nitrogens is 3. The minimum atomic E-state index is -0.534. The summed E-state index contributed by atoms with van der Waals surface area (Å²) in [4.78, 5) is 122. The van der Waals surface area contributed by atoms with Crippen LogP contribution in [0.25, 0.3) is 0 Å². The van der Waals surface area contributed by atoms with Crippen molar-refractivity contribution in [2.45, 2.75) is 117 Å². The van der Waals surface area contributed by atoms with Crippen molar-refractivity contribution < 1.29 is 76.3 Å². The zero-order chi connectivity index (χ0) is 77.6. The number of hydrogen-bond donors (Lipinski definition) is 1. The van der Waals surface area contributed by atoms with Gasteiger partial charge in [-0.25, -0.2) is 38.9 Å². The summed E-state index contributed by atoms with van der Waals surface area (Å²) in [5, 5.41) is 2.65. The van der Waals surface area contributed by atoms with Gasteiger partial charge in [0.2, 0.25) is 17.7 Å². The van der Waals surface area contributed by atoms with E-state index < -0.39 is 29.5 Å². The molecule has 1 N–H and O–H groups in total. The van der Waals surface area contributed by atoms with Crippen molar-refractivity contribution in [3.8, 4) is 17.2 Å². The van der Waals surface area contributed by atoms with E-state index in [4.69, 9.17) is 37.9 Å². The van der Waals surface area contributed by atoms with E-state index in [-0.39, 0.29) is 87.7 Å². The lowest BCUT2D eigenvalue weighted by Crippen LogP contribution is -2.57. The number of halogens is 1. The molecule has 0 bridgehead atoms. The topological polar surface area (TPSA) is 287 Å². The number of amides is 8. The zero-order valence-electron chi connectivity index (χ0n) is 62.7. The molecule has 13 rings (SSSR count). The standard InChI is InChI=1S/C30H34N4O4.C25H30N4O6.C13H17BrN2O3.C12H14N2O3/c1-22(2)25-10-8-23(9-11-25)17-32-18-27(19-32)38-26-12-13-28(31-16-26)34-15-14-33(20-29(34)35)30(36)37-21-24-6-4-3-5-7-24;1-25(2,3)35-24(32)28-14-20(15-28)34-19-9-10-21(26-13-19)29-12-11-27(16-22(29)30)23(31)33-17-18-7-5-4-6-8-18;1-13(2,3)19-12(17)16-7-10(8-16)18-9-4-5-11(14)15-6-9;15-11-8-14(7-6-13-11)12(16)17-9-10-4-2-1-3-5-10/h3-13,16,22,27H,14-15,17-21H2,1-2H3;4-10,13,20H,11-12,14-17H2,1-3H3;4-6,10H,7-8H2,1-3H3;1-5H,6-9H2,(H,13,15). The van der Waals surface area contributed by atoms with Crippen molar-refractivity contribution in [1.29, 1.82) is 0 Å². The number of benzene rings is 4. The van der Waals surface area contributed by atoms with Gasteiger partial charge in [0.15, 0.2) is 0 Å². The maximum absolute atomic E-state index is 12.7. The molecule has 109 heavy (non-hydrogen) atoms. The first-order valence-electron chi connectivity index (χ1n) is 36.3. The van der Waals surface area contributed by atoms with E-state index in [1.807, 2.05) is 151 Å². The smallest absolute Gasteiger partial charge is 0.410 e. The van der Waals surface area contributed by atoms with Crippen LogP contribution in [0.3, 0.4) is 0 Å². The van der Waals surface area contributed by atoms with Gasteiger partial charge in [0.05, 0.1) is 44.8 Å². The molecular weight excluding hydrogens is 1460 g/mol. The summed E-state index contributed by atoms with van der Waals surface area (Å²) in [6.45, 7) is 23.0. The SMILES string of the molecule is CC(C)(C)OC(=O)N1CC(Oc2ccc(Br)nc2)C1.CC(C)(C)OC(=O)N1CC(Oc2ccc(N3CCN(C(=O)OCc4ccccc4)CC3=O)nc2)C1.CC(C)c1ccc(CN2CC(Oc3ccc(N4CCN(C(=O)OCc5ccccc5)CC4=O)nc3)C2)cc1.O=C1CN(C(=O)OCc2ccccc2)CCN1. The molecule has 578 valence electrons. The fourth-order valence-electron chi connectivity index (χ4n) is 11.6. The number of likely N-dealkylation sites (tertiary alicyclic amines) is 3. The fourth-order valence-corrected chi connectivity index (χ4v) is 11.8. The van der Waals surface area contributed by atoms with Gasteiger partial charge in [0.25, 0.3) is 0 Å². The number of hydrogen-bond acceptors (Lipinski definition) is 20. The van der Waals surface area contributed by atoms with Crippen molar-refractivity contribution in [3.63, 3.8) is 0 Å². The Balaban J connectivity index is 0.000000163. The summed E-state index contributed by atoms with van der Waals surface area (Å²) in [7, 11) is 0. The lowest BCUT2D eigenvalue weighted by Gasteiger charge is -2.39. The van der Waals surface area contributed by atoms with Crippen LogP contribution in [0.15, 0.2) is 175 Å². The molecule has 6 aliphatic rings. The largest absolute Gasteiger partial charge is 0.486 e. The Kier molecular flexibility index (Phi) is 28.2. The highest BCUT2D eigenvalue weighted by molar-refractivity contribution is 9.10. The maximum Gasteiger partial charge on any atom is 0.410 e. The highest BCUT2D eigenvalue weighted by Crippen LogP contribution is 2.28. The number of pyridine rings is 3. The first-order chi connectivity index (χ1) is 52.2. The predicted molar refractivity (Wildman–Crippen MR) is 407 cm³/mol. The van der Waals surface area contributed by atoms with E-state index in [9.17, 15) is 38.4 Å². The number of piperazine rings is 3. The minimum Gasteiger partial charge on any atom is -0.486 e. The number of rotatable bonds is 17. The van der Waals surface area contributed by atoms with Gasteiger partial charge in [-0.2, -0.15) is 0 Å². The van der Waals surface area contributed by atoms with Gasteiger partial charge in [0.1, 0.15) is 102 Å². The Morgan fingerprint density at radius 3 is 1.17 bits per heavy atom. The molecule has 3 aromatic heterocycles. The molecule has 9 heterocycles. The van der Waals surface area contributed by atoms with Crippen LogP contribution in [-0.4, -0.2) is 220 Å². The molecule has 29 heteroatoms. The second-order valence-corrected chi connectivity index (χ2v) is 29.7. The molecule has 0 saturated carbocycles. The summed E-state index contributed by atoms with van der Waals surface area (Å²) in [5.41, 5.74) is 4.40. The number of ether oxygens (including phenoxy) is 8. The highest BCUT2D eigenvalue weighted by atomic mass is 79.9. The third kappa shape index (κ3) is 25.3. The molecule has 0 unspecified atom stereocenters. The molecular formula is C80H95BrN12O16. The van der Waals surface area contributed by atoms with Crippen LogP contribution < -0.4 is 29.3 Å². The number of nitrogens with zero attached hydrogens (tertiary/aromatic N) is 11. The first kappa shape index (κ1) is 80.5. The number of anilines is 2. The van der Waals surface area contributed by atoms with Crippen LogP contribution in [0.5, 0.6) is 17.2 Å². The van der Waals surface area contributed by atoms with Crippen molar-refractivity contribution in [3.05, 3.63) is 203 Å². The summed E-state index contributed by atoms with van der Waals surface area (Å²) >= 11 is 3.26. The third-order valence-corrected chi connectivity index (χ3v) is 17.9. The summed E-state index contributed by atoms with van der Waals surface area (Å²) in [6, 6.07) is 47.9. The summed E-state index contributed by atoms with van der Waals surface area (Å²) < 4.78 is 44.8. The van der Waals surface area contributed by atoms with E-state index in [1.54, 1.807) is 56.4 Å². The average molecular weight is 1560 g/mol.